The van der Waals surface area contributed by atoms with E-state index in [4.69, 9.17) is 4.55 Å². The van der Waals surface area contributed by atoms with Crippen LogP contribution in [0.5, 0.6) is 0 Å². The normalized spacial score (nSPS) is 25.7. The summed E-state index contributed by atoms with van der Waals surface area (Å²) in [6, 6.07) is 0.0666. The molecule has 0 amide bonds. The van der Waals surface area contributed by atoms with Crippen molar-refractivity contribution in [2.45, 2.75) is 18.9 Å². The largest absolute Gasteiger partial charge is 0.397 e. The molecule has 1 aliphatic rings. The second-order valence-electron chi connectivity index (χ2n) is 2.51. The lowest BCUT2D eigenvalue weighted by atomic mass is 10.2. The summed E-state index contributed by atoms with van der Waals surface area (Å²) in [4.78, 5) is 0. The van der Waals surface area contributed by atoms with Gasteiger partial charge in [-0.2, -0.15) is 8.42 Å². The van der Waals surface area contributed by atoms with Crippen LogP contribution in [0.25, 0.3) is 0 Å². The van der Waals surface area contributed by atoms with E-state index >= 15 is 0 Å². The molecule has 1 rings (SSSR count). The molecule has 2 N–H and O–H groups in total. The van der Waals surface area contributed by atoms with Crippen molar-refractivity contribution in [3.05, 3.63) is 0 Å². The van der Waals surface area contributed by atoms with Crippen LogP contribution >= 0.6 is 0 Å². The van der Waals surface area contributed by atoms with E-state index in [1.807, 2.05) is 0 Å². The number of hydrogen-bond donors (Lipinski definition) is 2. The first-order valence-corrected chi connectivity index (χ1v) is 4.80. The zero-order chi connectivity index (χ0) is 8.32. The van der Waals surface area contributed by atoms with E-state index in [2.05, 4.69) is 9.50 Å². The first-order valence-electron chi connectivity index (χ1n) is 3.43. The molecule has 0 aromatic carbocycles. The van der Waals surface area contributed by atoms with Gasteiger partial charge in [0, 0.05) is 6.04 Å². The molecule has 6 heteroatoms. The summed E-state index contributed by atoms with van der Waals surface area (Å²) in [7, 11) is -4.25. The SMILES string of the molecule is O=S(=O)(O)OCC1CCCN1. The molecule has 66 valence electrons. The first-order chi connectivity index (χ1) is 5.08. The van der Waals surface area contributed by atoms with Crippen molar-refractivity contribution < 1.29 is 17.2 Å². The van der Waals surface area contributed by atoms with Crippen LogP contribution in [-0.2, 0) is 14.6 Å². The van der Waals surface area contributed by atoms with Crippen LogP contribution < -0.4 is 5.32 Å². The van der Waals surface area contributed by atoms with Gasteiger partial charge in [0.1, 0.15) is 0 Å². The molecule has 1 heterocycles. The smallest absolute Gasteiger partial charge is 0.312 e. The standard InChI is InChI=1S/C5H11NO4S/c7-11(8,9)10-4-5-2-1-3-6-5/h5-6H,1-4H2,(H,7,8,9). The minimum absolute atomic E-state index is 0.0266. The van der Waals surface area contributed by atoms with E-state index in [-0.39, 0.29) is 12.6 Å². The third-order valence-electron chi connectivity index (χ3n) is 1.58. The topological polar surface area (TPSA) is 75.6 Å². The monoisotopic (exact) mass is 181 g/mol. The van der Waals surface area contributed by atoms with Crippen LogP contribution in [0.15, 0.2) is 0 Å². The number of rotatable bonds is 3. The Balaban J connectivity index is 2.22. The van der Waals surface area contributed by atoms with Gasteiger partial charge in [0.25, 0.3) is 0 Å². The van der Waals surface area contributed by atoms with Crippen molar-refractivity contribution >= 4 is 10.4 Å². The second-order valence-corrected chi connectivity index (χ2v) is 3.60. The van der Waals surface area contributed by atoms with Crippen LogP contribution in [0.2, 0.25) is 0 Å². The van der Waals surface area contributed by atoms with Crippen molar-refractivity contribution in [3.63, 3.8) is 0 Å². The summed E-state index contributed by atoms with van der Waals surface area (Å²) in [6.45, 7) is 0.915. The van der Waals surface area contributed by atoms with Gasteiger partial charge in [-0.05, 0) is 19.4 Å². The Morgan fingerprint density at radius 1 is 1.64 bits per heavy atom. The quantitative estimate of drug-likeness (QED) is 0.577. The zero-order valence-corrected chi connectivity index (χ0v) is 6.80. The third-order valence-corrected chi connectivity index (χ3v) is 2.01. The predicted molar refractivity (Wildman–Crippen MR) is 38.5 cm³/mol. The van der Waals surface area contributed by atoms with Crippen molar-refractivity contribution in [1.29, 1.82) is 0 Å². The van der Waals surface area contributed by atoms with Crippen molar-refractivity contribution in [2.24, 2.45) is 0 Å². The third kappa shape index (κ3) is 3.66. The molecule has 0 saturated carbocycles. The lowest BCUT2D eigenvalue weighted by Crippen LogP contribution is -2.27. The molecule has 0 aliphatic carbocycles. The van der Waals surface area contributed by atoms with Crippen LogP contribution in [0.4, 0.5) is 0 Å². The van der Waals surface area contributed by atoms with E-state index in [9.17, 15) is 8.42 Å². The van der Waals surface area contributed by atoms with E-state index in [0.29, 0.717) is 0 Å². The second kappa shape index (κ2) is 3.48. The van der Waals surface area contributed by atoms with Crippen molar-refractivity contribution in [3.8, 4) is 0 Å². The number of nitrogens with one attached hydrogen (secondary N) is 1. The summed E-state index contributed by atoms with van der Waals surface area (Å²) < 4.78 is 32.6. The average molecular weight is 181 g/mol. The summed E-state index contributed by atoms with van der Waals surface area (Å²) in [6.07, 6.45) is 1.93. The molecule has 1 fully saturated rings. The van der Waals surface area contributed by atoms with E-state index in [0.717, 1.165) is 19.4 Å². The molecular formula is C5H11NO4S. The molecule has 0 aromatic heterocycles. The van der Waals surface area contributed by atoms with Gasteiger partial charge >= 0.3 is 10.4 Å². The Kier molecular flexibility index (Phi) is 2.83. The van der Waals surface area contributed by atoms with E-state index < -0.39 is 10.4 Å². The Hall–Kier alpha value is -0.170. The fourth-order valence-corrected chi connectivity index (χ4v) is 1.40. The van der Waals surface area contributed by atoms with Gasteiger partial charge in [0.15, 0.2) is 0 Å². The van der Waals surface area contributed by atoms with Gasteiger partial charge in [-0.3, -0.25) is 4.55 Å². The van der Waals surface area contributed by atoms with Gasteiger partial charge in [-0.15, -0.1) is 0 Å². The molecule has 1 saturated heterocycles. The average Bonchev–Trinajstić information content (AvgIpc) is 2.32. The zero-order valence-electron chi connectivity index (χ0n) is 5.99. The number of hydrogen-bond acceptors (Lipinski definition) is 4. The summed E-state index contributed by atoms with van der Waals surface area (Å²) in [5.41, 5.74) is 0. The highest BCUT2D eigenvalue weighted by molar-refractivity contribution is 7.80. The highest BCUT2D eigenvalue weighted by Gasteiger charge is 2.16. The molecule has 1 atom stereocenters. The first kappa shape index (κ1) is 8.92. The van der Waals surface area contributed by atoms with Crippen molar-refractivity contribution in [2.75, 3.05) is 13.2 Å². The van der Waals surface area contributed by atoms with Crippen molar-refractivity contribution in [1.82, 2.24) is 5.32 Å². The van der Waals surface area contributed by atoms with E-state index in [1.165, 1.54) is 0 Å². The maximum absolute atomic E-state index is 10.1. The predicted octanol–water partition coefficient (Wildman–Crippen LogP) is -0.442. The van der Waals surface area contributed by atoms with E-state index in [1.54, 1.807) is 0 Å². The van der Waals surface area contributed by atoms with Crippen LogP contribution in [0, 0.1) is 0 Å². The molecule has 5 nitrogen and oxygen atoms in total. The Bertz CT molecular complexity index is 207. The molecule has 0 aromatic rings. The van der Waals surface area contributed by atoms with Gasteiger partial charge in [0.05, 0.1) is 6.61 Å². The lowest BCUT2D eigenvalue weighted by Gasteiger charge is -2.07. The minimum Gasteiger partial charge on any atom is -0.312 e. The fourth-order valence-electron chi connectivity index (χ4n) is 1.07. The maximum atomic E-state index is 10.1. The molecule has 0 spiro atoms. The van der Waals surface area contributed by atoms with Gasteiger partial charge < -0.3 is 5.32 Å². The summed E-state index contributed by atoms with van der Waals surface area (Å²) >= 11 is 0. The van der Waals surface area contributed by atoms with Gasteiger partial charge in [0.2, 0.25) is 0 Å². The molecular weight excluding hydrogens is 170 g/mol. The Morgan fingerprint density at radius 3 is 2.82 bits per heavy atom. The Labute approximate surface area is 65.7 Å². The van der Waals surface area contributed by atoms with Crippen LogP contribution in [-0.4, -0.2) is 32.2 Å². The van der Waals surface area contributed by atoms with Crippen LogP contribution in [0.3, 0.4) is 0 Å². The maximum Gasteiger partial charge on any atom is 0.397 e. The Morgan fingerprint density at radius 2 is 2.36 bits per heavy atom. The van der Waals surface area contributed by atoms with Gasteiger partial charge in [-0.1, -0.05) is 0 Å². The minimum atomic E-state index is -4.25. The molecule has 0 radical (unpaired) electrons. The summed E-state index contributed by atoms with van der Waals surface area (Å²) in [5.74, 6) is 0. The molecule has 1 aliphatic heterocycles. The van der Waals surface area contributed by atoms with Gasteiger partial charge in [-0.25, -0.2) is 4.18 Å². The fraction of sp³-hybridized carbons (Fsp3) is 1.00. The highest BCUT2D eigenvalue weighted by Crippen LogP contribution is 2.05. The lowest BCUT2D eigenvalue weighted by molar-refractivity contribution is 0.243. The molecule has 11 heavy (non-hydrogen) atoms. The highest BCUT2D eigenvalue weighted by atomic mass is 32.3. The molecule has 0 bridgehead atoms. The summed E-state index contributed by atoms with van der Waals surface area (Å²) in [5, 5.41) is 3.03. The van der Waals surface area contributed by atoms with Crippen LogP contribution in [0.1, 0.15) is 12.8 Å². The molecule has 1 unspecified atom stereocenters.